The van der Waals surface area contributed by atoms with Gasteiger partial charge in [0.2, 0.25) is 0 Å². The molecule has 0 atom stereocenters. The predicted molar refractivity (Wildman–Crippen MR) is 99.5 cm³/mol. The average molecular weight is 364 g/mol. The van der Waals surface area contributed by atoms with Crippen LogP contribution < -0.4 is 5.73 Å². The molecule has 0 unspecified atom stereocenters. The number of aryl methyl sites for hydroxylation is 2. The van der Waals surface area contributed by atoms with Crippen LogP contribution in [0.4, 0.5) is 5.82 Å². The Kier molecular flexibility index (Phi) is 4.21. The van der Waals surface area contributed by atoms with E-state index in [0.717, 1.165) is 22.4 Å². The summed E-state index contributed by atoms with van der Waals surface area (Å²) in [4.78, 5) is 26.3. The first kappa shape index (κ1) is 16.4. The van der Waals surface area contributed by atoms with E-state index in [9.17, 15) is 0 Å². The van der Waals surface area contributed by atoms with Crippen LogP contribution in [-0.4, -0.2) is 34.5 Å². The van der Waals surface area contributed by atoms with Gasteiger partial charge >= 0.3 is 0 Å². The summed E-state index contributed by atoms with van der Waals surface area (Å²) in [7, 11) is 0. The van der Waals surface area contributed by atoms with E-state index in [4.69, 9.17) is 5.73 Å². The highest BCUT2D eigenvalue weighted by atomic mass is 32.2. The summed E-state index contributed by atoms with van der Waals surface area (Å²) in [5, 5.41) is 1.67. The second-order valence-corrected chi connectivity index (χ2v) is 6.58. The second-order valence-electron chi connectivity index (χ2n) is 5.59. The highest BCUT2D eigenvalue weighted by Crippen LogP contribution is 2.28. The van der Waals surface area contributed by atoms with Crippen molar-refractivity contribution in [2.45, 2.75) is 30.6 Å². The zero-order valence-corrected chi connectivity index (χ0v) is 15.1. The molecular weight excluding hydrogens is 348 g/mol. The van der Waals surface area contributed by atoms with E-state index in [-0.39, 0.29) is 0 Å². The van der Waals surface area contributed by atoms with Crippen molar-refractivity contribution in [2.24, 2.45) is 0 Å². The highest BCUT2D eigenvalue weighted by molar-refractivity contribution is 7.99. The Balaban J connectivity index is 1.72. The molecule has 0 saturated carbocycles. The molecule has 4 aromatic rings. The number of hydrogen-bond donors (Lipinski definition) is 1. The zero-order valence-electron chi connectivity index (χ0n) is 14.3. The summed E-state index contributed by atoms with van der Waals surface area (Å²) in [6, 6.07) is 3.78. The number of anilines is 1. The second kappa shape index (κ2) is 6.68. The lowest BCUT2D eigenvalue weighted by Crippen LogP contribution is -2.01. The molecule has 0 radical (unpaired) electrons. The molecule has 0 fully saturated rings. The van der Waals surface area contributed by atoms with Crippen LogP contribution in [0.1, 0.15) is 12.6 Å². The van der Waals surface area contributed by atoms with Gasteiger partial charge in [-0.25, -0.2) is 24.9 Å². The van der Waals surface area contributed by atoms with Crippen molar-refractivity contribution < 1.29 is 0 Å². The van der Waals surface area contributed by atoms with Crippen LogP contribution in [0.15, 0.2) is 47.1 Å². The van der Waals surface area contributed by atoms with E-state index in [1.807, 2.05) is 25.3 Å². The number of fused-ring (bicyclic) bond motifs is 1. The smallest absolute Gasteiger partial charge is 0.182 e. The number of pyridine rings is 1. The van der Waals surface area contributed by atoms with Crippen LogP contribution in [0.2, 0.25) is 0 Å². The van der Waals surface area contributed by atoms with Crippen LogP contribution in [0.25, 0.3) is 22.6 Å². The maximum atomic E-state index is 6.13. The molecule has 130 valence electrons. The van der Waals surface area contributed by atoms with E-state index < -0.39 is 0 Å². The number of nitrogens with zero attached hydrogens (tertiary/aromatic N) is 7. The normalized spacial score (nSPS) is 11.2. The first-order valence-corrected chi connectivity index (χ1v) is 8.88. The number of imidazole rings is 1. The van der Waals surface area contributed by atoms with Gasteiger partial charge in [-0.2, -0.15) is 0 Å². The van der Waals surface area contributed by atoms with E-state index >= 15 is 0 Å². The predicted octanol–water partition coefficient (Wildman–Crippen LogP) is 2.74. The van der Waals surface area contributed by atoms with Crippen LogP contribution in [0.5, 0.6) is 0 Å². The summed E-state index contributed by atoms with van der Waals surface area (Å²) in [6.45, 7) is 4.79. The summed E-state index contributed by atoms with van der Waals surface area (Å²) < 4.78 is 2.05. The van der Waals surface area contributed by atoms with Crippen molar-refractivity contribution in [2.75, 3.05) is 5.73 Å². The van der Waals surface area contributed by atoms with E-state index in [1.54, 1.807) is 18.6 Å². The van der Waals surface area contributed by atoms with Crippen LogP contribution in [0, 0.1) is 6.92 Å². The maximum absolute atomic E-state index is 6.13. The number of nitrogen functional groups attached to an aromatic ring is 1. The van der Waals surface area contributed by atoms with Crippen molar-refractivity contribution in [1.82, 2.24) is 34.5 Å². The molecule has 0 aliphatic heterocycles. The Labute approximate surface area is 154 Å². The quantitative estimate of drug-likeness (QED) is 0.589. The Hall–Kier alpha value is -3.07. The Morgan fingerprint density at radius 1 is 1.08 bits per heavy atom. The molecule has 0 bridgehead atoms. The molecule has 4 aromatic heterocycles. The SMILES string of the molecule is CCn1ccnc1Sc1ccc2nc(-c3cnc(C)cn3)nc(N)c2n1. The number of hydrogen-bond acceptors (Lipinski definition) is 8. The van der Waals surface area contributed by atoms with Gasteiger partial charge in [0.25, 0.3) is 0 Å². The summed E-state index contributed by atoms with van der Waals surface area (Å²) in [6.07, 6.45) is 7.03. The number of rotatable bonds is 4. The van der Waals surface area contributed by atoms with Gasteiger partial charge in [-0.3, -0.25) is 4.98 Å². The molecule has 4 heterocycles. The number of aromatic nitrogens is 7. The van der Waals surface area contributed by atoms with Crippen LogP contribution >= 0.6 is 11.8 Å². The molecule has 4 rings (SSSR count). The largest absolute Gasteiger partial charge is 0.382 e. The molecule has 26 heavy (non-hydrogen) atoms. The lowest BCUT2D eigenvalue weighted by molar-refractivity contribution is 0.680. The fraction of sp³-hybridized carbons (Fsp3) is 0.176. The van der Waals surface area contributed by atoms with Crippen LogP contribution in [-0.2, 0) is 6.54 Å². The fourth-order valence-corrected chi connectivity index (χ4v) is 3.31. The van der Waals surface area contributed by atoms with Gasteiger partial charge in [-0.05, 0) is 37.7 Å². The van der Waals surface area contributed by atoms with Gasteiger partial charge in [-0.1, -0.05) is 0 Å². The molecule has 0 saturated heterocycles. The standard InChI is InChI=1S/C17H16N8S/c1-3-25-7-6-19-17(25)26-13-5-4-11-14(23-13)15(18)24-16(22-11)12-9-20-10(2)8-21-12/h4-9H,3H2,1-2H3,(H2,18,22,24). The van der Waals surface area contributed by atoms with E-state index in [2.05, 4.69) is 41.4 Å². The van der Waals surface area contributed by atoms with Gasteiger partial charge in [0.1, 0.15) is 16.2 Å². The highest BCUT2D eigenvalue weighted by Gasteiger charge is 2.12. The third-order valence-corrected chi connectivity index (χ3v) is 4.73. The lowest BCUT2D eigenvalue weighted by atomic mass is 10.3. The van der Waals surface area contributed by atoms with Gasteiger partial charge in [0.15, 0.2) is 16.8 Å². The molecular formula is C17H16N8S. The Morgan fingerprint density at radius 2 is 1.96 bits per heavy atom. The minimum atomic E-state index is 0.314. The van der Waals surface area contributed by atoms with Gasteiger partial charge < -0.3 is 10.3 Å². The van der Waals surface area contributed by atoms with Crippen molar-refractivity contribution >= 4 is 28.6 Å². The monoisotopic (exact) mass is 364 g/mol. The molecule has 0 amide bonds. The van der Waals surface area contributed by atoms with Crippen molar-refractivity contribution in [3.05, 3.63) is 42.6 Å². The molecule has 2 N–H and O–H groups in total. The minimum absolute atomic E-state index is 0.314. The average Bonchev–Trinajstić information content (AvgIpc) is 3.10. The third-order valence-electron chi connectivity index (χ3n) is 3.77. The van der Waals surface area contributed by atoms with Gasteiger partial charge in [0, 0.05) is 25.1 Å². The van der Waals surface area contributed by atoms with Crippen molar-refractivity contribution in [1.29, 1.82) is 0 Å². The first-order valence-electron chi connectivity index (χ1n) is 8.06. The Morgan fingerprint density at radius 3 is 2.73 bits per heavy atom. The first-order chi connectivity index (χ1) is 12.6. The van der Waals surface area contributed by atoms with Gasteiger partial charge in [-0.15, -0.1) is 0 Å². The van der Waals surface area contributed by atoms with Crippen LogP contribution in [0.3, 0.4) is 0 Å². The van der Waals surface area contributed by atoms with Gasteiger partial charge in [0.05, 0.1) is 17.4 Å². The van der Waals surface area contributed by atoms with Crippen molar-refractivity contribution in [3.63, 3.8) is 0 Å². The summed E-state index contributed by atoms with van der Waals surface area (Å²) >= 11 is 1.48. The third kappa shape index (κ3) is 3.08. The number of nitrogens with two attached hydrogens (primary N) is 1. The summed E-state index contributed by atoms with van der Waals surface area (Å²) in [5.74, 6) is 0.750. The van der Waals surface area contributed by atoms with E-state index in [1.165, 1.54) is 11.8 Å². The minimum Gasteiger partial charge on any atom is -0.382 e. The molecule has 0 aliphatic rings. The molecule has 0 aromatic carbocycles. The Bertz CT molecular complexity index is 1070. The lowest BCUT2D eigenvalue weighted by Gasteiger charge is -2.07. The maximum Gasteiger partial charge on any atom is 0.182 e. The molecule has 0 spiro atoms. The fourth-order valence-electron chi connectivity index (χ4n) is 2.43. The topological polar surface area (TPSA) is 108 Å². The molecule has 8 nitrogen and oxygen atoms in total. The molecule has 0 aliphatic carbocycles. The van der Waals surface area contributed by atoms with E-state index in [0.29, 0.717) is 28.4 Å². The zero-order chi connectivity index (χ0) is 18.1. The van der Waals surface area contributed by atoms with Crippen molar-refractivity contribution in [3.8, 4) is 11.5 Å². The summed E-state index contributed by atoms with van der Waals surface area (Å²) in [5.41, 5.74) is 8.77. The molecule has 9 heteroatoms.